The summed E-state index contributed by atoms with van der Waals surface area (Å²) in [5.41, 5.74) is 3.53. The van der Waals surface area contributed by atoms with Crippen molar-refractivity contribution < 1.29 is 19.1 Å². The number of methoxy groups -OCH3 is 1. The molecular weight excluding hydrogens is 376 g/mol. The van der Waals surface area contributed by atoms with Gasteiger partial charge in [0.05, 0.1) is 0 Å². The zero-order valence-corrected chi connectivity index (χ0v) is 18.6. The average Bonchev–Trinajstić information content (AvgIpc) is 2.66. The van der Waals surface area contributed by atoms with Crippen LogP contribution in [0.15, 0.2) is 12.1 Å². The minimum absolute atomic E-state index is 0.0562. The lowest BCUT2D eigenvalue weighted by Crippen LogP contribution is -2.42. The highest BCUT2D eigenvalue weighted by molar-refractivity contribution is 6.10. The van der Waals surface area contributed by atoms with E-state index in [1.807, 2.05) is 26.0 Å². The quantitative estimate of drug-likeness (QED) is 0.533. The summed E-state index contributed by atoms with van der Waals surface area (Å²) in [5, 5.41) is 0. The monoisotopic (exact) mass is 408 g/mol. The minimum Gasteiger partial charge on any atom is -0.377 e. The molecule has 0 amide bonds. The molecule has 2 saturated carbocycles. The van der Waals surface area contributed by atoms with E-state index in [1.54, 1.807) is 6.92 Å². The summed E-state index contributed by atoms with van der Waals surface area (Å²) < 4.78 is 4.93. The van der Waals surface area contributed by atoms with Gasteiger partial charge in [-0.3, -0.25) is 14.4 Å². The number of carbonyl (C=O) groups is 3. The van der Waals surface area contributed by atoms with Crippen LogP contribution in [0.4, 0.5) is 0 Å². The second-order valence-electron chi connectivity index (χ2n) is 9.24. The van der Waals surface area contributed by atoms with Crippen molar-refractivity contribution in [2.45, 2.75) is 71.6 Å². The molecule has 160 valence electrons. The molecule has 2 fully saturated rings. The molecule has 2 aliphatic carbocycles. The van der Waals surface area contributed by atoms with Crippen LogP contribution < -0.4 is 0 Å². The smallest absolute Gasteiger partial charge is 0.158 e. The van der Waals surface area contributed by atoms with Crippen molar-refractivity contribution in [1.29, 1.82) is 0 Å². The summed E-state index contributed by atoms with van der Waals surface area (Å²) in [4.78, 5) is 38.3. The van der Waals surface area contributed by atoms with Gasteiger partial charge in [0.25, 0.3) is 0 Å². The van der Waals surface area contributed by atoms with Gasteiger partial charge >= 0.3 is 0 Å². The maximum Gasteiger partial charge on any atom is 0.158 e. The maximum absolute atomic E-state index is 13.2. The second-order valence-corrected chi connectivity index (χ2v) is 9.24. The van der Waals surface area contributed by atoms with E-state index in [0.29, 0.717) is 25.2 Å². The van der Waals surface area contributed by atoms with Gasteiger partial charge in [-0.05, 0) is 86.6 Å². The SMILES string of the molecule is CC#Cc1cc(C)c(C2C(=O)CC3(CCC(CC(=O)COC)CC3)CC2=O)c(C)c1. The van der Waals surface area contributed by atoms with Gasteiger partial charge < -0.3 is 4.74 Å². The molecule has 1 aromatic rings. The number of Topliss-reactive ketones (excluding diaryl/α,β-unsaturated/α-hetero) is 3. The third-order valence-electron chi connectivity index (χ3n) is 6.88. The summed E-state index contributed by atoms with van der Waals surface area (Å²) in [6, 6.07) is 3.96. The van der Waals surface area contributed by atoms with Crippen LogP contribution in [0.25, 0.3) is 0 Å². The van der Waals surface area contributed by atoms with E-state index < -0.39 is 5.92 Å². The van der Waals surface area contributed by atoms with E-state index >= 15 is 0 Å². The van der Waals surface area contributed by atoms with Gasteiger partial charge in [0.2, 0.25) is 0 Å². The Bertz CT molecular complexity index is 864. The molecule has 0 aliphatic heterocycles. The fraction of sp³-hybridized carbons (Fsp3) is 0.577. The van der Waals surface area contributed by atoms with Gasteiger partial charge in [0.15, 0.2) is 5.78 Å². The van der Waals surface area contributed by atoms with Crippen molar-refractivity contribution >= 4 is 17.3 Å². The van der Waals surface area contributed by atoms with E-state index in [2.05, 4.69) is 11.8 Å². The average molecular weight is 409 g/mol. The predicted octanol–water partition coefficient (Wildman–Crippen LogP) is 4.47. The van der Waals surface area contributed by atoms with Crippen LogP contribution in [0.3, 0.4) is 0 Å². The number of benzene rings is 1. The fourth-order valence-corrected chi connectivity index (χ4v) is 5.54. The Balaban J connectivity index is 1.73. The van der Waals surface area contributed by atoms with E-state index in [4.69, 9.17) is 4.74 Å². The van der Waals surface area contributed by atoms with E-state index in [1.165, 1.54) is 7.11 Å². The van der Waals surface area contributed by atoms with Crippen molar-refractivity contribution in [1.82, 2.24) is 0 Å². The van der Waals surface area contributed by atoms with Crippen molar-refractivity contribution in [2.24, 2.45) is 11.3 Å². The lowest BCUT2D eigenvalue weighted by Gasteiger charge is -2.43. The first-order valence-corrected chi connectivity index (χ1v) is 10.9. The Kier molecular flexibility index (Phi) is 6.93. The number of ketones is 3. The van der Waals surface area contributed by atoms with Crippen LogP contribution in [0, 0.1) is 37.0 Å². The van der Waals surface area contributed by atoms with Crippen molar-refractivity contribution in [3.05, 3.63) is 34.4 Å². The Hall–Kier alpha value is -2.25. The molecule has 3 rings (SSSR count). The number of rotatable bonds is 5. The first-order chi connectivity index (χ1) is 14.3. The normalized spacial score (nSPS) is 26.4. The van der Waals surface area contributed by atoms with Crippen LogP contribution in [-0.4, -0.2) is 31.1 Å². The second kappa shape index (κ2) is 9.27. The zero-order valence-electron chi connectivity index (χ0n) is 18.6. The van der Waals surface area contributed by atoms with E-state index in [-0.39, 0.29) is 29.4 Å². The molecule has 0 heterocycles. The highest BCUT2D eigenvalue weighted by atomic mass is 16.5. The van der Waals surface area contributed by atoms with Gasteiger partial charge in [-0.25, -0.2) is 0 Å². The van der Waals surface area contributed by atoms with E-state index in [0.717, 1.165) is 47.9 Å². The third-order valence-corrected chi connectivity index (χ3v) is 6.88. The maximum atomic E-state index is 13.2. The van der Waals surface area contributed by atoms with E-state index in [9.17, 15) is 14.4 Å². The van der Waals surface area contributed by atoms with Crippen molar-refractivity contribution in [3.63, 3.8) is 0 Å². The molecule has 4 heteroatoms. The molecule has 0 N–H and O–H groups in total. The Morgan fingerprint density at radius 1 is 1.10 bits per heavy atom. The number of hydrogen-bond donors (Lipinski definition) is 0. The van der Waals surface area contributed by atoms with Crippen molar-refractivity contribution in [2.75, 3.05) is 13.7 Å². The van der Waals surface area contributed by atoms with Crippen LogP contribution in [0.2, 0.25) is 0 Å². The summed E-state index contributed by atoms with van der Waals surface area (Å²) in [6.07, 6.45) is 5.00. The van der Waals surface area contributed by atoms with Gasteiger partial charge in [-0.2, -0.15) is 0 Å². The molecule has 0 radical (unpaired) electrons. The lowest BCUT2D eigenvalue weighted by atomic mass is 9.59. The molecule has 1 spiro atoms. The highest BCUT2D eigenvalue weighted by Crippen LogP contribution is 2.50. The Morgan fingerprint density at radius 3 is 2.17 bits per heavy atom. The van der Waals surface area contributed by atoms with Crippen LogP contribution >= 0.6 is 0 Å². The molecule has 4 nitrogen and oxygen atoms in total. The van der Waals surface area contributed by atoms with Gasteiger partial charge in [-0.1, -0.05) is 5.92 Å². The molecule has 0 atom stereocenters. The lowest BCUT2D eigenvalue weighted by molar-refractivity contribution is -0.138. The number of aryl methyl sites for hydroxylation is 2. The molecule has 1 aromatic carbocycles. The molecule has 0 saturated heterocycles. The highest BCUT2D eigenvalue weighted by Gasteiger charge is 2.47. The molecule has 0 aromatic heterocycles. The zero-order chi connectivity index (χ0) is 21.9. The fourth-order valence-electron chi connectivity index (χ4n) is 5.54. The Labute approximate surface area is 179 Å². The van der Waals surface area contributed by atoms with Gasteiger partial charge in [0, 0.05) is 31.9 Å². The summed E-state index contributed by atoms with van der Waals surface area (Å²) in [7, 11) is 1.54. The molecule has 30 heavy (non-hydrogen) atoms. The number of carbonyl (C=O) groups excluding carboxylic acids is 3. The standard InChI is InChI=1S/C26H32O4/c1-5-6-20-11-17(2)24(18(3)12-20)25-22(28)14-26(15-23(25)29)9-7-19(8-10-26)13-21(27)16-30-4/h11-12,19,25H,7-10,13-16H2,1-4H3. The van der Waals surface area contributed by atoms with Gasteiger partial charge in [0.1, 0.15) is 24.1 Å². The Morgan fingerprint density at radius 2 is 1.67 bits per heavy atom. The summed E-state index contributed by atoms with van der Waals surface area (Å²) >= 11 is 0. The molecule has 0 bridgehead atoms. The molecule has 0 unspecified atom stereocenters. The third kappa shape index (κ3) is 4.73. The topological polar surface area (TPSA) is 60.4 Å². The predicted molar refractivity (Wildman–Crippen MR) is 116 cm³/mol. The summed E-state index contributed by atoms with van der Waals surface area (Å²) in [5.74, 6) is 5.92. The largest absolute Gasteiger partial charge is 0.377 e. The summed E-state index contributed by atoms with van der Waals surface area (Å²) in [6.45, 7) is 5.91. The van der Waals surface area contributed by atoms with Crippen LogP contribution in [0.1, 0.15) is 80.0 Å². The van der Waals surface area contributed by atoms with Crippen molar-refractivity contribution in [3.8, 4) is 11.8 Å². The molecule has 2 aliphatic rings. The number of hydrogen-bond acceptors (Lipinski definition) is 4. The molecular formula is C26H32O4. The first-order valence-electron chi connectivity index (χ1n) is 10.9. The minimum atomic E-state index is -0.639. The van der Waals surface area contributed by atoms with Crippen LogP contribution in [0.5, 0.6) is 0 Å². The van der Waals surface area contributed by atoms with Crippen LogP contribution in [-0.2, 0) is 19.1 Å². The van der Waals surface area contributed by atoms with Gasteiger partial charge in [-0.15, -0.1) is 5.92 Å². The first kappa shape index (κ1) is 22.4. The number of ether oxygens (including phenoxy) is 1.